The smallest absolute Gasteiger partial charge is 0.175 e. The van der Waals surface area contributed by atoms with Gasteiger partial charge in [0, 0.05) is 35.2 Å². The molecule has 0 saturated heterocycles. The van der Waals surface area contributed by atoms with Crippen LogP contribution < -0.4 is 0 Å². The molecule has 0 atom stereocenters. The average Bonchev–Trinajstić information content (AvgIpc) is 2.85. The van der Waals surface area contributed by atoms with Gasteiger partial charge < -0.3 is 0 Å². The van der Waals surface area contributed by atoms with Gasteiger partial charge in [-0.05, 0) is 79.4 Å². The fourth-order valence-corrected chi connectivity index (χ4v) is 5.38. The second kappa shape index (κ2) is 9.93. The number of carbonyl (C=O) groups excluding carboxylic acids is 1. The van der Waals surface area contributed by atoms with Crippen LogP contribution in [0.3, 0.4) is 0 Å². The molecule has 0 amide bonds. The zero-order valence-electron chi connectivity index (χ0n) is 21.9. The number of hydrogen-bond donors (Lipinski definition) is 0. The number of rotatable bonds is 7. The molecule has 4 aromatic rings. The highest BCUT2D eigenvalue weighted by Crippen LogP contribution is 2.36. The van der Waals surface area contributed by atoms with E-state index in [1.54, 1.807) is 32.2 Å². The third-order valence-electron chi connectivity index (χ3n) is 6.81. The van der Waals surface area contributed by atoms with Crippen molar-refractivity contribution in [1.82, 2.24) is 4.98 Å². The summed E-state index contributed by atoms with van der Waals surface area (Å²) in [5, 5.41) is 0.842. The molecule has 8 heteroatoms. The molecular formula is C30H29NO5S2. The highest BCUT2D eigenvalue weighted by molar-refractivity contribution is 7.91. The predicted molar refractivity (Wildman–Crippen MR) is 154 cm³/mol. The van der Waals surface area contributed by atoms with Crippen LogP contribution in [0.15, 0.2) is 77.8 Å². The second-order valence-corrected chi connectivity index (χ2v) is 14.5. The van der Waals surface area contributed by atoms with E-state index >= 15 is 0 Å². The number of hydrogen-bond acceptors (Lipinski definition) is 6. The molecule has 0 radical (unpaired) electrons. The Kier molecular flexibility index (Phi) is 7.16. The molecule has 0 spiro atoms. The lowest BCUT2D eigenvalue weighted by molar-refractivity contribution is 0.101. The Morgan fingerprint density at radius 2 is 1.61 bits per heavy atom. The van der Waals surface area contributed by atoms with Crippen molar-refractivity contribution < 1.29 is 21.6 Å². The van der Waals surface area contributed by atoms with Crippen LogP contribution in [0, 0.1) is 0 Å². The van der Waals surface area contributed by atoms with Crippen LogP contribution in [0.4, 0.5) is 0 Å². The number of nitrogens with zero attached hydrogens (tertiary/aromatic N) is 1. The quantitative estimate of drug-likeness (QED) is 0.209. The second-order valence-electron chi connectivity index (χ2n) is 9.92. The molecule has 1 aromatic heterocycles. The molecule has 0 unspecified atom stereocenters. The number of aromatic nitrogens is 1. The van der Waals surface area contributed by atoms with Crippen molar-refractivity contribution in [2.45, 2.75) is 30.4 Å². The SMILES string of the molecule is CC(=O)c1cc(S(C)(=O)=O)ccc1/C=C/c1cccc(-c2cc(C(C)(C)S(C)(=O)=O)cc3cccnc23)c1. The van der Waals surface area contributed by atoms with Gasteiger partial charge in [0.2, 0.25) is 0 Å². The Morgan fingerprint density at radius 1 is 0.868 bits per heavy atom. The van der Waals surface area contributed by atoms with Crippen molar-refractivity contribution in [2.24, 2.45) is 0 Å². The molecule has 6 nitrogen and oxygen atoms in total. The van der Waals surface area contributed by atoms with Gasteiger partial charge in [-0.3, -0.25) is 9.78 Å². The zero-order valence-corrected chi connectivity index (χ0v) is 23.5. The largest absolute Gasteiger partial charge is 0.294 e. The lowest BCUT2D eigenvalue weighted by atomic mass is 9.93. The van der Waals surface area contributed by atoms with Gasteiger partial charge in [0.25, 0.3) is 0 Å². The summed E-state index contributed by atoms with van der Waals surface area (Å²) in [5.74, 6) is -0.230. The molecule has 0 aliphatic carbocycles. The minimum Gasteiger partial charge on any atom is -0.294 e. The van der Waals surface area contributed by atoms with Gasteiger partial charge >= 0.3 is 0 Å². The van der Waals surface area contributed by atoms with Gasteiger partial charge in [0.15, 0.2) is 25.5 Å². The van der Waals surface area contributed by atoms with E-state index in [2.05, 4.69) is 4.98 Å². The van der Waals surface area contributed by atoms with E-state index in [1.165, 1.54) is 25.3 Å². The van der Waals surface area contributed by atoms with Gasteiger partial charge in [-0.2, -0.15) is 0 Å². The summed E-state index contributed by atoms with van der Waals surface area (Å²) in [6.45, 7) is 4.80. The standard InChI is InChI=1S/C30H29NO5S2/c1-20(32)27-19-26(37(4,33)34)14-13-22(27)12-11-21-8-6-9-23(16-21)28-18-25(30(2,3)38(5,35)36)17-24-10-7-15-31-29(24)28/h6-19H,1-5H3/b12-11+. The highest BCUT2D eigenvalue weighted by atomic mass is 32.2. The summed E-state index contributed by atoms with van der Waals surface area (Å²) in [6.07, 6.45) is 7.69. The zero-order chi connectivity index (χ0) is 27.9. The molecule has 0 saturated carbocycles. The van der Waals surface area contributed by atoms with Gasteiger partial charge in [0.05, 0.1) is 15.2 Å². The Morgan fingerprint density at radius 3 is 2.26 bits per heavy atom. The van der Waals surface area contributed by atoms with E-state index < -0.39 is 24.4 Å². The predicted octanol–water partition coefficient (Wildman–Crippen LogP) is 5.96. The number of Topliss-reactive ketones (excluding diaryl/α,β-unsaturated/α-hetero) is 1. The molecule has 0 fully saturated rings. The van der Waals surface area contributed by atoms with Crippen LogP contribution in [-0.4, -0.2) is 40.1 Å². The van der Waals surface area contributed by atoms with Crippen molar-refractivity contribution in [1.29, 1.82) is 0 Å². The average molecular weight is 548 g/mol. The highest BCUT2D eigenvalue weighted by Gasteiger charge is 2.33. The Hall–Kier alpha value is -3.62. The summed E-state index contributed by atoms with van der Waals surface area (Å²) in [7, 11) is -6.83. The van der Waals surface area contributed by atoms with E-state index in [9.17, 15) is 21.6 Å². The van der Waals surface area contributed by atoms with Crippen molar-refractivity contribution >= 4 is 48.5 Å². The molecule has 196 valence electrons. The fourth-order valence-electron chi connectivity index (χ4n) is 4.19. The summed E-state index contributed by atoms with van der Waals surface area (Å²) >= 11 is 0. The first-order chi connectivity index (χ1) is 17.7. The van der Waals surface area contributed by atoms with Crippen LogP contribution in [0.2, 0.25) is 0 Å². The lowest BCUT2D eigenvalue weighted by Gasteiger charge is -2.24. The van der Waals surface area contributed by atoms with Crippen LogP contribution in [0.1, 0.15) is 47.8 Å². The molecule has 3 aromatic carbocycles. The molecule has 1 heterocycles. The van der Waals surface area contributed by atoms with E-state index in [0.29, 0.717) is 16.7 Å². The molecule has 0 aliphatic heterocycles. The van der Waals surface area contributed by atoms with Gasteiger partial charge in [0.1, 0.15) is 0 Å². The lowest BCUT2D eigenvalue weighted by Crippen LogP contribution is -2.28. The molecule has 0 N–H and O–H groups in total. The number of sulfone groups is 2. The Balaban J connectivity index is 1.82. The van der Waals surface area contributed by atoms with Crippen LogP contribution >= 0.6 is 0 Å². The minimum atomic E-state index is -3.44. The minimum absolute atomic E-state index is 0.0955. The molecule has 38 heavy (non-hydrogen) atoms. The first-order valence-corrected chi connectivity index (χ1v) is 15.7. The maximum atomic E-state index is 12.6. The molecule has 4 rings (SSSR count). The van der Waals surface area contributed by atoms with E-state index in [1.807, 2.05) is 54.6 Å². The third-order valence-corrected chi connectivity index (χ3v) is 10.0. The maximum Gasteiger partial charge on any atom is 0.175 e. The van der Waals surface area contributed by atoms with Crippen molar-refractivity contribution in [2.75, 3.05) is 12.5 Å². The van der Waals surface area contributed by atoms with Crippen LogP contribution in [0.25, 0.3) is 34.2 Å². The van der Waals surface area contributed by atoms with Crippen LogP contribution in [0.5, 0.6) is 0 Å². The third kappa shape index (κ3) is 5.47. The number of carbonyl (C=O) groups is 1. The van der Waals surface area contributed by atoms with Gasteiger partial charge in [-0.15, -0.1) is 0 Å². The summed E-state index contributed by atoms with van der Waals surface area (Å²) in [5.41, 5.74) is 4.89. The maximum absolute atomic E-state index is 12.6. The Bertz CT molecular complexity index is 1820. The Labute approximate surface area is 223 Å². The van der Waals surface area contributed by atoms with Crippen molar-refractivity contribution in [3.05, 3.63) is 95.2 Å². The topological polar surface area (TPSA) is 98.2 Å². The summed E-state index contributed by atoms with van der Waals surface area (Å²) in [6, 6.07) is 19.7. The molecule has 0 aliphatic rings. The normalized spacial score (nSPS) is 12.8. The first-order valence-electron chi connectivity index (χ1n) is 11.9. The van der Waals surface area contributed by atoms with E-state index in [-0.39, 0.29) is 10.7 Å². The van der Waals surface area contributed by atoms with Crippen molar-refractivity contribution in [3.63, 3.8) is 0 Å². The number of ketones is 1. The fraction of sp³-hybridized carbons (Fsp3) is 0.200. The number of benzene rings is 3. The van der Waals surface area contributed by atoms with E-state index in [4.69, 9.17) is 0 Å². The monoisotopic (exact) mass is 547 g/mol. The van der Waals surface area contributed by atoms with E-state index in [0.717, 1.165) is 33.8 Å². The van der Waals surface area contributed by atoms with Crippen molar-refractivity contribution in [3.8, 4) is 11.1 Å². The first kappa shape index (κ1) is 27.4. The van der Waals surface area contributed by atoms with Crippen LogP contribution in [-0.2, 0) is 24.4 Å². The summed E-state index contributed by atoms with van der Waals surface area (Å²) < 4.78 is 47.9. The number of fused-ring (bicyclic) bond motifs is 1. The van der Waals surface area contributed by atoms with Gasteiger partial charge in [-0.1, -0.05) is 42.5 Å². The number of pyridine rings is 1. The molecular weight excluding hydrogens is 518 g/mol. The molecule has 0 bridgehead atoms. The van der Waals surface area contributed by atoms with Gasteiger partial charge in [-0.25, -0.2) is 16.8 Å². The summed E-state index contributed by atoms with van der Waals surface area (Å²) in [4.78, 5) is 16.9.